The van der Waals surface area contributed by atoms with Crippen molar-refractivity contribution in [3.8, 4) is 11.6 Å². The average molecular weight is 758 g/mol. The van der Waals surface area contributed by atoms with Gasteiger partial charge in [0.25, 0.3) is 5.88 Å². The molecule has 1 saturated heterocycles. The molecule has 1 aromatic carbocycles. The molecule has 1 aromatic heterocycles. The minimum absolute atomic E-state index is 0.0133. The Balaban J connectivity index is 1.59. The van der Waals surface area contributed by atoms with Gasteiger partial charge in [-0.15, -0.1) is 0 Å². The Bertz CT molecular complexity index is 1780. The number of aromatic nitrogens is 1. The van der Waals surface area contributed by atoms with Crippen molar-refractivity contribution in [3.63, 3.8) is 0 Å². The van der Waals surface area contributed by atoms with E-state index in [-0.39, 0.29) is 65.4 Å². The number of aliphatic hydroxyl groups is 1. The molecular formula is C40H57F2N3O7Si. The number of nitrogens with zero attached hydrogens (tertiary/aromatic N) is 3. The first-order chi connectivity index (χ1) is 25.0. The van der Waals surface area contributed by atoms with Gasteiger partial charge < -0.3 is 23.5 Å². The third-order valence-corrected chi connectivity index (χ3v) is 16.7. The van der Waals surface area contributed by atoms with Crippen molar-refractivity contribution in [2.75, 3.05) is 40.4 Å². The molecule has 0 spiro atoms. The standard InChI is InChI=1S/C40H57F2N3O7Si/c1-10-12-18-49-34-28-24(30(41)25(31(34)42)22-45-16-14-15-17-45)20-23-21-26-32(44(6)7)35-29(38(43-51-35)50-19-13-11-2)37(48)40(26,36(47)27(23)33(28)46)52-53(8,9)39(3,4)5/h23,26,32,47H,10-22H2,1-9H3/t23-,26-,32-,40-/m0/s1. The molecular weight excluding hydrogens is 701 g/mol. The van der Waals surface area contributed by atoms with Crippen LogP contribution in [0.15, 0.2) is 15.9 Å². The summed E-state index contributed by atoms with van der Waals surface area (Å²) in [6, 6.07) is -0.625. The molecule has 0 bridgehead atoms. The van der Waals surface area contributed by atoms with Crippen molar-refractivity contribution in [1.29, 1.82) is 0 Å². The van der Waals surface area contributed by atoms with E-state index in [2.05, 4.69) is 5.16 Å². The molecule has 2 heterocycles. The molecule has 292 valence electrons. The number of unbranched alkanes of at least 4 members (excludes halogenated alkanes) is 2. The van der Waals surface area contributed by atoms with Gasteiger partial charge in [-0.2, -0.15) is 0 Å². The molecule has 4 aliphatic rings. The molecule has 1 fully saturated rings. The summed E-state index contributed by atoms with van der Waals surface area (Å²) in [5.41, 5.74) is -2.23. The summed E-state index contributed by atoms with van der Waals surface area (Å²) in [6.45, 7) is 16.1. The number of carbonyl (C=O) groups is 2. The molecule has 0 unspecified atom stereocenters. The number of hydrogen-bond donors (Lipinski definition) is 1. The molecule has 0 saturated carbocycles. The largest absolute Gasteiger partial charge is 0.508 e. The van der Waals surface area contributed by atoms with Gasteiger partial charge >= 0.3 is 0 Å². The normalized spacial score (nSPS) is 24.7. The molecule has 2 aromatic rings. The molecule has 13 heteroatoms. The van der Waals surface area contributed by atoms with Crippen LogP contribution in [0, 0.1) is 23.5 Å². The van der Waals surface area contributed by atoms with Crippen molar-refractivity contribution in [2.45, 2.75) is 122 Å². The predicted molar refractivity (Wildman–Crippen MR) is 199 cm³/mol. The summed E-state index contributed by atoms with van der Waals surface area (Å²) in [6.07, 6.45) is 5.06. The van der Waals surface area contributed by atoms with Crippen molar-refractivity contribution in [1.82, 2.24) is 15.0 Å². The molecule has 3 aliphatic carbocycles. The zero-order valence-corrected chi connectivity index (χ0v) is 33.9. The fraction of sp³-hybridized carbons (Fsp3) is 0.675. The maximum atomic E-state index is 16.8. The highest BCUT2D eigenvalue weighted by atomic mass is 28.4. The van der Waals surface area contributed by atoms with Crippen molar-refractivity contribution < 1.29 is 41.9 Å². The Morgan fingerprint density at radius 1 is 1.02 bits per heavy atom. The molecule has 53 heavy (non-hydrogen) atoms. The number of fused-ring (bicyclic) bond motifs is 4. The smallest absolute Gasteiger partial charge is 0.265 e. The summed E-state index contributed by atoms with van der Waals surface area (Å²) < 4.78 is 58.4. The van der Waals surface area contributed by atoms with Crippen LogP contribution in [0.5, 0.6) is 11.6 Å². The van der Waals surface area contributed by atoms with Gasteiger partial charge in [0, 0.05) is 29.2 Å². The van der Waals surface area contributed by atoms with Gasteiger partial charge in [-0.3, -0.25) is 19.4 Å². The van der Waals surface area contributed by atoms with Crippen LogP contribution in [0.3, 0.4) is 0 Å². The van der Waals surface area contributed by atoms with Crippen LogP contribution in [-0.4, -0.2) is 85.9 Å². The zero-order valence-electron chi connectivity index (χ0n) is 32.9. The van der Waals surface area contributed by atoms with Crippen LogP contribution in [0.25, 0.3) is 0 Å². The summed E-state index contributed by atoms with van der Waals surface area (Å²) in [7, 11) is 0.787. The first kappa shape index (κ1) is 39.6. The molecule has 6 rings (SSSR count). The quantitative estimate of drug-likeness (QED) is 0.158. The minimum atomic E-state index is -2.92. The lowest BCUT2D eigenvalue weighted by atomic mass is 9.58. The average Bonchev–Trinajstić information content (AvgIpc) is 3.76. The minimum Gasteiger partial charge on any atom is -0.508 e. The summed E-state index contributed by atoms with van der Waals surface area (Å²) in [5, 5.41) is 16.6. The van der Waals surface area contributed by atoms with Crippen LogP contribution < -0.4 is 9.47 Å². The third kappa shape index (κ3) is 6.56. The molecule has 1 N–H and O–H groups in total. The van der Waals surface area contributed by atoms with Gasteiger partial charge in [0.05, 0.1) is 24.8 Å². The second kappa shape index (κ2) is 14.8. The van der Waals surface area contributed by atoms with E-state index >= 15 is 13.6 Å². The lowest BCUT2D eigenvalue weighted by Crippen LogP contribution is -2.65. The van der Waals surface area contributed by atoms with E-state index in [4.69, 9.17) is 18.4 Å². The number of aliphatic hydroxyl groups excluding tert-OH is 1. The lowest BCUT2D eigenvalue weighted by Gasteiger charge is -2.55. The number of carbonyl (C=O) groups excluding carboxylic acids is 2. The lowest BCUT2D eigenvalue weighted by molar-refractivity contribution is -0.0481. The van der Waals surface area contributed by atoms with Gasteiger partial charge in [0.2, 0.25) is 5.78 Å². The van der Waals surface area contributed by atoms with E-state index in [0.29, 0.717) is 18.8 Å². The highest BCUT2D eigenvalue weighted by Gasteiger charge is 2.67. The van der Waals surface area contributed by atoms with E-state index in [9.17, 15) is 9.90 Å². The second-order valence-electron chi connectivity index (χ2n) is 17.1. The van der Waals surface area contributed by atoms with Crippen molar-refractivity contribution in [3.05, 3.63) is 51.0 Å². The van der Waals surface area contributed by atoms with Crippen LogP contribution >= 0.6 is 0 Å². The van der Waals surface area contributed by atoms with Crippen LogP contribution in [0.2, 0.25) is 18.1 Å². The van der Waals surface area contributed by atoms with Gasteiger partial charge in [0.15, 0.2) is 37.0 Å². The zero-order chi connectivity index (χ0) is 38.6. The van der Waals surface area contributed by atoms with E-state index in [1.165, 1.54) is 0 Å². The third-order valence-electron chi connectivity index (χ3n) is 12.3. The van der Waals surface area contributed by atoms with Crippen LogP contribution in [0.4, 0.5) is 8.78 Å². The number of rotatable bonds is 13. The SMILES string of the molecule is CCCCOc1noc2c1C(=O)[C@@]1(O[Si](C)(C)C(C)(C)C)C(O)=C3C(=O)c4c(c(F)c(CN5CCCC5)c(F)c4OCCCC)C[C@H]3C[C@H]1[C@@H]2N(C)C. The second-order valence-corrected chi connectivity index (χ2v) is 21.8. The van der Waals surface area contributed by atoms with Crippen molar-refractivity contribution >= 4 is 19.9 Å². The van der Waals surface area contributed by atoms with Gasteiger partial charge in [-0.25, -0.2) is 8.78 Å². The van der Waals surface area contributed by atoms with Gasteiger partial charge in [0.1, 0.15) is 17.1 Å². The van der Waals surface area contributed by atoms with Crippen LogP contribution in [-0.2, 0) is 17.4 Å². The highest BCUT2D eigenvalue weighted by molar-refractivity contribution is 6.74. The molecule has 0 radical (unpaired) electrons. The summed E-state index contributed by atoms with van der Waals surface area (Å²) in [5.74, 6) is -4.89. The Morgan fingerprint density at radius 3 is 2.26 bits per heavy atom. The number of ether oxygens (including phenoxy) is 2. The van der Waals surface area contributed by atoms with E-state index in [1.54, 1.807) is 0 Å². The van der Waals surface area contributed by atoms with Crippen LogP contribution in [0.1, 0.15) is 123 Å². The fourth-order valence-electron chi connectivity index (χ4n) is 8.41. The Hall–Kier alpha value is -3.13. The Kier molecular flexibility index (Phi) is 11.1. The number of ketones is 2. The fourth-order valence-corrected chi connectivity index (χ4v) is 9.86. The summed E-state index contributed by atoms with van der Waals surface area (Å²) in [4.78, 5) is 34.2. The number of likely N-dealkylation sites (tertiary alicyclic amines) is 1. The monoisotopic (exact) mass is 757 g/mol. The van der Waals surface area contributed by atoms with E-state index < -0.39 is 65.8 Å². The molecule has 4 atom stereocenters. The molecule has 10 nitrogen and oxygen atoms in total. The number of allylic oxidation sites excluding steroid dienone is 1. The van der Waals surface area contributed by atoms with E-state index in [1.807, 2.05) is 71.6 Å². The van der Waals surface area contributed by atoms with Gasteiger partial charge in [-0.1, -0.05) is 47.5 Å². The number of halogens is 2. The Morgan fingerprint density at radius 2 is 1.66 bits per heavy atom. The molecule has 1 aliphatic heterocycles. The summed E-state index contributed by atoms with van der Waals surface area (Å²) >= 11 is 0. The Labute approximate surface area is 313 Å². The van der Waals surface area contributed by atoms with Crippen molar-refractivity contribution in [2.24, 2.45) is 11.8 Å². The highest BCUT2D eigenvalue weighted by Crippen LogP contribution is 2.60. The van der Waals surface area contributed by atoms with Gasteiger partial charge in [-0.05, 0) is 94.9 Å². The number of benzene rings is 1. The predicted octanol–water partition coefficient (Wildman–Crippen LogP) is 8.35. The maximum Gasteiger partial charge on any atom is 0.265 e. The maximum absolute atomic E-state index is 16.8. The first-order valence-corrected chi connectivity index (χ1v) is 22.3. The van der Waals surface area contributed by atoms with E-state index in [0.717, 1.165) is 45.2 Å². The molecule has 0 amide bonds. The topological polar surface area (TPSA) is 115 Å². The number of Topliss-reactive ketones (excluding diaryl/α,β-unsaturated/α-hetero) is 2. The number of hydrogen-bond acceptors (Lipinski definition) is 10. The first-order valence-electron chi connectivity index (χ1n) is 19.4.